The summed E-state index contributed by atoms with van der Waals surface area (Å²) in [6.45, 7) is 0.231. The first-order valence-electron chi connectivity index (χ1n) is 8.48. The first-order chi connectivity index (χ1) is 13.9. The van der Waals surface area contributed by atoms with Crippen LogP contribution in [0.4, 0.5) is 11.4 Å². The van der Waals surface area contributed by atoms with Crippen molar-refractivity contribution in [2.45, 2.75) is 18.9 Å². The van der Waals surface area contributed by atoms with Gasteiger partial charge in [0, 0.05) is 18.7 Å². The van der Waals surface area contributed by atoms with E-state index in [4.69, 9.17) is 4.42 Å². The number of nitrogens with zero attached hydrogens (tertiary/aromatic N) is 4. The molecule has 1 aliphatic rings. The molecule has 2 aromatic rings. The van der Waals surface area contributed by atoms with Crippen molar-refractivity contribution < 1.29 is 23.9 Å². The number of benzene rings is 1. The number of nitrogens with one attached hydrogen (secondary N) is 1. The predicted octanol–water partition coefficient (Wildman–Crippen LogP) is 1.85. The fourth-order valence-electron chi connectivity index (χ4n) is 2.98. The lowest BCUT2D eigenvalue weighted by molar-refractivity contribution is -0.394. The Morgan fingerprint density at radius 1 is 1.21 bits per heavy atom. The van der Waals surface area contributed by atoms with Crippen molar-refractivity contribution in [1.29, 1.82) is 0 Å². The fourth-order valence-corrected chi connectivity index (χ4v) is 2.98. The molecule has 1 atom stereocenters. The largest absolute Gasteiger partial charge is 0.463 e. The third kappa shape index (κ3) is 4.43. The van der Waals surface area contributed by atoms with Crippen molar-refractivity contribution in [3.63, 3.8) is 0 Å². The molecule has 1 saturated heterocycles. The first-order valence-corrected chi connectivity index (χ1v) is 8.48. The molecule has 0 radical (unpaired) electrons. The number of nitro groups is 2. The van der Waals surface area contributed by atoms with Gasteiger partial charge < -0.3 is 9.32 Å². The quantitative estimate of drug-likeness (QED) is 0.439. The molecule has 1 aliphatic heterocycles. The van der Waals surface area contributed by atoms with E-state index in [1.807, 2.05) is 0 Å². The van der Waals surface area contributed by atoms with E-state index in [-0.39, 0.29) is 12.1 Å². The van der Waals surface area contributed by atoms with Crippen LogP contribution in [0.25, 0.3) is 0 Å². The van der Waals surface area contributed by atoms with Crippen LogP contribution in [0.3, 0.4) is 0 Å². The first kappa shape index (κ1) is 19.7. The van der Waals surface area contributed by atoms with E-state index >= 15 is 0 Å². The molecule has 1 N–H and O–H groups in total. The molecule has 0 saturated carbocycles. The molecule has 3 rings (SSSR count). The number of non-ortho nitro benzene ring substituents is 2. The van der Waals surface area contributed by atoms with Crippen LogP contribution in [0.5, 0.6) is 0 Å². The van der Waals surface area contributed by atoms with Crippen LogP contribution in [0.2, 0.25) is 0 Å². The minimum atomic E-state index is -0.852. The van der Waals surface area contributed by atoms with Crippen molar-refractivity contribution in [1.82, 2.24) is 10.3 Å². The average molecular weight is 401 g/mol. The average Bonchev–Trinajstić information content (AvgIpc) is 3.38. The van der Waals surface area contributed by atoms with E-state index < -0.39 is 39.1 Å². The number of furan rings is 1. The number of hydrazone groups is 1. The summed E-state index contributed by atoms with van der Waals surface area (Å²) < 4.78 is 5.04. The van der Waals surface area contributed by atoms with Crippen molar-refractivity contribution in [3.8, 4) is 0 Å². The Hall–Kier alpha value is -4.09. The standard InChI is InChI=1S/C17H15N5O7/c23-16(19-18-10-14-3-2-6-29-14)15-4-1-5-20(15)17(24)11-7-12(21(25)26)9-13(8-11)22(27)28/h2-3,6-10,15H,1,4-5H2,(H,19,23)/b18-10-/t15-/m0/s1. The fraction of sp³-hybridized carbons (Fsp3) is 0.235. The van der Waals surface area contributed by atoms with Crippen molar-refractivity contribution in [3.05, 3.63) is 68.1 Å². The van der Waals surface area contributed by atoms with Crippen LogP contribution in [-0.2, 0) is 4.79 Å². The molecule has 2 heterocycles. The smallest absolute Gasteiger partial charge is 0.277 e. The molecule has 0 bridgehead atoms. The van der Waals surface area contributed by atoms with Gasteiger partial charge in [-0.05, 0) is 25.0 Å². The molecule has 1 fully saturated rings. The lowest BCUT2D eigenvalue weighted by Crippen LogP contribution is -2.44. The number of rotatable bonds is 6. The third-order valence-corrected chi connectivity index (χ3v) is 4.30. The summed E-state index contributed by atoms with van der Waals surface area (Å²) in [5.74, 6) is -0.823. The van der Waals surface area contributed by atoms with Crippen LogP contribution in [-0.4, -0.2) is 45.4 Å². The zero-order chi connectivity index (χ0) is 21.0. The number of carbonyl (C=O) groups is 2. The Kier molecular flexibility index (Phi) is 5.62. The lowest BCUT2D eigenvalue weighted by atomic mass is 10.1. The molecule has 12 nitrogen and oxygen atoms in total. The topological polar surface area (TPSA) is 161 Å². The predicted molar refractivity (Wildman–Crippen MR) is 98.3 cm³/mol. The summed E-state index contributed by atoms with van der Waals surface area (Å²) >= 11 is 0. The van der Waals surface area contributed by atoms with Crippen LogP contribution in [0.15, 0.2) is 46.1 Å². The Labute approximate surface area is 163 Å². The van der Waals surface area contributed by atoms with Crippen molar-refractivity contribution >= 4 is 29.4 Å². The van der Waals surface area contributed by atoms with Gasteiger partial charge >= 0.3 is 0 Å². The van der Waals surface area contributed by atoms with E-state index in [1.54, 1.807) is 12.1 Å². The van der Waals surface area contributed by atoms with Crippen LogP contribution in [0, 0.1) is 20.2 Å². The minimum absolute atomic E-state index is 0.231. The molecule has 150 valence electrons. The van der Waals surface area contributed by atoms with Gasteiger partial charge in [0.1, 0.15) is 11.8 Å². The zero-order valence-corrected chi connectivity index (χ0v) is 14.9. The van der Waals surface area contributed by atoms with Crippen LogP contribution >= 0.6 is 0 Å². The minimum Gasteiger partial charge on any atom is -0.463 e. The number of amides is 2. The summed E-state index contributed by atoms with van der Waals surface area (Å²) in [5.41, 5.74) is 0.931. The van der Waals surface area contributed by atoms with Crippen LogP contribution in [0.1, 0.15) is 29.0 Å². The Bertz CT molecular complexity index is 954. The highest BCUT2D eigenvalue weighted by Crippen LogP contribution is 2.26. The van der Waals surface area contributed by atoms with Gasteiger partial charge in [-0.25, -0.2) is 5.43 Å². The maximum atomic E-state index is 12.8. The second-order valence-corrected chi connectivity index (χ2v) is 6.16. The lowest BCUT2D eigenvalue weighted by Gasteiger charge is -2.23. The summed E-state index contributed by atoms with van der Waals surface area (Å²) in [6, 6.07) is 5.12. The summed E-state index contributed by atoms with van der Waals surface area (Å²) in [4.78, 5) is 46.9. The second-order valence-electron chi connectivity index (χ2n) is 6.16. The molecule has 12 heteroatoms. The van der Waals surface area contributed by atoms with Gasteiger partial charge in [-0.3, -0.25) is 29.8 Å². The summed E-state index contributed by atoms with van der Waals surface area (Å²) in [6.07, 6.45) is 3.63. The maximum Gasteiger partial charge on any atom is 0.277 e. The molecule has 1 aromatic heterocycles. The SMILES string of the molecule is O=C(N/N=C\c1ccco1)[C@@H]1CCCN1C(=O)c1cc([N+](=O)[O-])cc([N+](=O)[O-])c1. The van der Waals surface area contributed by atoms with Gasteiger partial charge in [0.05, 0.1) is 34.0 Å². The summed E-state index contributed by atoms with van der Waals surface area (Å²) in [7, 11) is 0. The van der Waals surface area contributed by atoms with Gasteiger partial charge in [-0.2, -0.15) is 5.10 Å². The summed E-state index contributed by atoms with van der Waals surface area (Å²) in [5, 5.41) is 25.8. The molecule has 1 aromatic carbocycles. The molecule has 29 heavy (non-hydrogen) atoms. The Morgan fingerprint density at radius 2 is 1.90 bits per heavy atom. The number of nitro benzene ring substituents is 2. The maximum absolute atomic E-state index is 12.8. The van der Waals surface area contributed by atoms with Gasteiger partial charge in [-0.15, -0.1) is 0 Å². The van der Waals surface area contributed by atoms with Gasteiger partial charge in [0.15, 0.2) is 0 Å². The molecular formula is C17H15N5O7. The van der Waals surface area contributed by atoms with E-state index in [1.165, 1.54) is 17.4 Å². The Balaban J connectivity index is 1.78. The van der Waals surface area contributed by atoms with Gasteiger partial charge in [0.2, 0.25) is 0 Å². The zero-order valence-electron chi connectivity index (χ0n) is 14.9. The van der Waals surface area contributed by atoms with E-state index in [0.717, 1.165) is 18.2 Å². The molecule has 0 aliphatic carbocycles. The molecular weight excluding hydrogens is 386 g/mol. The normalized spacial score (nSPS) is 16.1. The second kappa shape index (κ2) is 8.29. The number of hydrogen-bond acceptors (Lipinski definition) is 8. The van der Waals surface area contributed by atoms with Crippen molar-refractivity contribution in [2.24, 2.45) is 5.10 Å². The number of likely N-dealkylation sites (tertiary alicyclic amines) is 1. The number of hydrogen-bond donors (Lipinski definition) is 1. The number of carbonyl (C=O) groups excluding carboxylic acids is 2. The highest BCUT2D eigenvalue weighted by atomic mass is 16.6. The highest BCUT2D eigenvalue weighted by Gasteiger charge is 2.35. The van der Waals surface area contributed by atoms with Crippen LogP contribution < -0.4 is 5.43 Å². The Morgan fingerprint density at radius 3 is 2.48 bits per heavy atom. The van der Waals surface area contributed by atoms with Crippen molar-refractivity contribution in [2.75, 3.05) is 6.54 Å². The molecule has 0 spiro atoms. The monoisotopic (exact) mass is 401 g/mol. The molecule has 0 unspecified atom stereocenters. The van der Waals surface area contributed by atoms with E-state index in [9.17, 15) is 29.8 Å². The van der Waals surface area contributed by atoms with Gasteiger partial charge in [0.25, 0.3) is 23.2 Å². The van der Waals surface area contributed by atoms with E-state index in [0.29, 0.717) is 18.6 Å². The van der Waals surface area contributed by atoms with E-state index in [2.05, 4.69) is 10.5 Å². The molecule has 2 amide bonds. The highest BCUT2D eigenvalue weighted by molar-refractivity contribution is 5.99. The van der Waals surface area contributed by atoms with Gasteiger partial charge in [-0.1, -0.05) is 0 Å². The third-order valence-electron chi connectivity index (χ3n) is 4.30.